The van der Waals surface area contributed by atoms with Crippen LogP contribution in [0.1, 0.15) is 29.1 Å². The molecule has 2 aromatic heterocycles. The van der Waals surface area contributed by atoms with Crippen molar-refractivity contribution in [1.82, 2.24) is 10.3 Å². The van der Waals surface area contributed by atoms with Gasteiger partial charge in [0, 0.05) is 5.56 Å². The molecule has 0 fully saturated rings. The Morgan fingerprint density at radius 2 is 2.30 bits per heavy atom. The zero-order valence-corrected chi connectivity index (χ0v) is 11.6. The Hall–Kier alpha value is -2.34. The van der Waals surface area contributed by atoms with Gasteiger partial charge in [0.25, 0.3) is 5.91 Å². The lowest BCUT2D eigenvalue weighted by molar-refractivity contribution is 0.0935. The average molecular weight is 287 g/mol. The maximum atomic E-state index is 12.2. The van der Waals surface area contributed by atoms with Crippen molar-refractivity contribution in [2.45, 2.75) is 13.0 Å². The second-order valence-corrected chi connectivity index (χ2v) is 5.51. The molecule has 0 saturated heterocycles. The summed E-state index contributed by atoms with van der Waals surface area (Å²) < 4.78 is 6.17. The van der Waals surface area contributed by atoms with E-state index in [-0.39, 0.29) is 11.9 Å². The first-order chi connectivity index (χ1) is 9.63. The lowest BCUT2D eigenvalue weighted by Crippen LogP contribution is -2.26. The molecule has 0 spiro atoms. The Balaban J connectivity index is 1.81. The summed E-state index contributed by atoms with van der Waals surface area (Å²) in [5, 5.41) is 3.39. The Labute approximate surface area is 119 Å². The molecule has 0 radical (unpaired) electrons. The van der Waals surface area contributed by atoms with Crippen molar-refractivity contribution >= 4 is 32.6 Å². The third-order valence-corrected chi connectivity index (χ3v) is 3.83. The van der Waals surface area contributed by atoms with E-state index in [0.717, 1.165) is 16.0 Å². The molecule has 3 aromatic rings. The first-order valence-corrected chi connectivity index (χ1v) is 6.95. The van der Waals surface area contributed by atoms with Gasteiger partial charge in [0.15, 0.2) is 5.13 Å². The fourth-order valence-corrected chi connectivity index (χ4v) is 2.75. The molecule has 0 bridgehead atoms. The monoisotopic (exact) mass is 287 g/mol. The first-order valence-electron chi connectivity index (χ1n) is 6.14. The molecule has 20 heavy (non-hydrogen) atoms. The fraction of sp³-hybridized carbons (Fsp3) is 0.143. The first kappa shape index (κ1) is 12.7. The van der Waals surface area contributed by atoms with Gasteiger partial charge in [0.2, 0.25) is 0 Å². The van der Waals surface area contributed by atoms with E-state index in [2.05, 4.69) is 10.3 Å². The number of carbonyl (C=O) groups is 1. The van der Waals surface area contributed by atoms with Crippen molar-refractivity contribution in [2.24, 2.45) is 0 Å². The number of amides is 1. The Kier molecular flexibility index (Phi) is 3.15. The highest BCUT2D eigenvalue weighted by molar-refractivity contribution is 7.22. The van der Waals surface area contributed by atoms with Crippen molar-refractivity contribution in [2.75, 3.05) is 5.73 Å². The summed E-state index contributed by atoms with van der Waals surface area (Å²) in [4.78, 5) is 16.4. The molecule has 1 amide bonds. The van der Waals surface area contributed by atoms with Crippen molar-refractivity contribution < 1.29 is 9.21 Å². The van der Waals surface area contributed by atoms with E-state index in [4.69, 9.17) is 10.2 Å². The molecule has 3 N–H and O–H groups in total. The van der Waals surface area contributed by atoms with Crippen molar-refractivity contribution in [3.63, 3.8) is 0 Å². The molecule has 0 saturated carbocycles. The molecule has 102 valence electrons. The number of furan rings is 1. The normalized spacial score (nSPS) is 12.4. The van der Waals surface area contributed by atoms with Crippen LogP contribution in [0.3, 0.4) is 0 Å². The standard InChI is InChI=1S/C14H13N3O2S/c1-8(11-3-2-6-19-11)16-13(18)9-4-5-10-12(7-9)20-14(15)17-10/h2-8H,1H3,(H2,15,17)(H,16,18). The maximum Gasteiger partial charge on any atom is 0.251 e. The van der Waals surface area contributed by atoms with E-state index >= 15 is 0 Å². The quantitative estimate of drug-likeness (QED) is 0.776. The van der Waals surface area contributed by atoms with Gasteiger partial charge in [-0.15, -0.1) is 0 Å². The van der Waals surface area contributed by atoms with Crippen LogP contribution in [0.2, 0.25) is 0 Å². The smallest absolute Gasteiger partial charge is 0.251 e. The Morgan fingerprint density at radius 1 is 1.45 bits per heavy atom. The van der Waals surface area contributed by atoms with Gasteiger partial charge < -0.3 is 15.5 Å². The van der Waals surface area contributed by atoms with E-state index in [1.807, 2.05) is 13.0 Å². The maximum absolute atomic E-state index is 12.2. The van der Waals surface area contributed by atoms with E-state index < -0.39 is 0 Å². The Morgan fingerprint density at radius 3 is 3.05 bits per heavy atom. The number of nitrogens with one attached hydrogen (secondary N) is 1. The highest BCUT2D eigenvalue weighted by Crippen LogP contribution is 2.24. The van der Waals surface area contributed by atoms with E-state index in [1.165, 1.54) is 11.3 Å². The number of rotatable bonds is 3. The third-order valence-electron chi connectivity index (χ3n) is 2.98. The summed E-state index contributed by atoms with van der Waals surface area (Å²) in [6.07, 6.45) is 1.59. The van der Waals surface area contributed by atoms with Crippen molar-refractivity contribution in [3.05, 3.63) is 47.9 Å². The Bertz CT molecular complexity index is 749. The minimum Gasteiger partial charge on any atom is -0.467 e. The van der Waals surface area contributed by atoms with Crippen LogP contribution in [-0.4, -0.2) is 10.9 Å². The zero-order chi connectivity index (χ0) is 14.1. The molecular formula is C14H13N3O2S. The second kappa shape index (κ2) is 4.97. The van der Waals surface area contributed by atoms with Gasteiger partial charge in [0.1, 0.15) is 5.76 Å². The molecule has 3 rings (SSSR count). The highest BCUT2D eigenvalue weighted by Gasteiger charge is 2.14. The van der Waals surface area contributed by atoms with Crippen LogP contribution in [0.25, 0.3) is 10.2 Å². The van der Waals surface area contributed by atoms with Gasteiger partial charge in [-0.1, -0.05) is 11.3 Å². The molecule has 0 aliphatic carbocycles. The topological polar surface area (TPSA) is 81.2 Å². The zero-order valence-electron chi connectivity index (χ0n) is 10.8. The van der Waals surface area contributed by atoms with Crippen molar-refractivity contribution in [3.8, 4) is 0 Å². The number of hydrogen-bond donors (Lipinski definition) is 2. The minimum atomic E-state index is -0.181. The van der Waals surface area contributed by atoms with Gasteiger partial charge in [-0.25, -0.2) is 4.98 Å². The number of benzene rings is 1. The van der Waals surface area contributed by atoms with Crippen molar-refractivity contribution in [1.29, 1.82) is 0 Å². The highest BCUT2D eigenvalue weighted by atomic mass is 32.1. The number of nitrogen functional groups attached to an aromatic ring is 1. The van der Waals surface area contributed by atoms with Crippen LogP contribution in [-0.2, 0) is 0 Å². The number of aromatic nitrogens is 1. The summed E-state index contributed by atoms with van der Waals surface area (Å²) >= 11 is 1.37. The molecule has 0 aliphatic rings. The van der Waals surface area contributed by atoms with Gasteiger partial charge in [-0.2, -0.15) is 0 Å². The SMILES string of the molecule is CC(NC(=O)c1ccc2nc(N)sc2c1)c1ccco1. The fourth-order valence-electron chi connectivity index (χ4n) is 1.97. The van der Waals surface area contributed by atoms with Crippen LogP contribution in [0, 0.1) is 0 Å². The molecule has 1 aromatic carbocycles. The summed E-state index contributed by atoms with van der Waals surface area (Å²) in [5.41, 5.74) is 7.05. The lowest BCUT2D eigenvalue weighted by Gasteiger charge is -2.11. The van der Waals surface area contributed by atoms with Gasteiger partial charge in [0.05, 0.1) is 22.5 Å². The molecule has 1 unspecified atom stereocenters. The number of hydrogen-bond acceptors (Lipinski definition) is 5. The molecule has 5 nitrogen and oxygen atoms in total. The molecule has 0 aliphatic heterocycles. The van der Waals surface area contributed by atoms with Crippen LogP contribution >= 0.6 is 11.3 Å². The molecular weight excluding hydrogens is 274 g/mol. The number of fused-ring (bicyclic) bond motifs is 1. The van der Waals surface area contributed by atoms with Gasteiger partial charge in [-0.3, -0.25) is 4.79 Å². The molecule has 2 heterocycles. The summed E-state index contributed by atoms with van der Waals surface area (Å²) in [6, 6.07) is 8.79. The van der Waals surface area contributed by atoms with Crippen LogP contribution in [0.15, 0.2) is 41.0 Å². The average Bonchev–Trinajstić information content (AvgIpc) is 3.05. The summed E-state index contributed by atoms with van der Waals surface area (Å²) in [6.45, 7) is 1.87. The summed E-state index contributed by atoms with van der Waals surface area (Å²) in [7, 11) is 0. The van der Waals surface area contributed by atoms with E-state index in [9.17, 15) is 4.79 Å². The van der Waals surface area contributed by atoms with Crippen LogP contribution in [0.5, 0.6) is 0 Å². The number of anilines is 1. The number of nitrogens with two attached hydrogens (primary N) is 1. The third kappa shape index (κ3) is 2.37. The molecule has 1 atom stereocenters. The van der Waals surface area contributed by atoms with Crippen LogP contribution < -0.4 is 11.1 Å². The van der Waals surface area contributed by atoms with E-state index in [0.29, 0.717) is 10.7 Å². The largest absolute Gasteiger partial charge is 0.467 e. The van der Waals surface area contributed by atoms with E-state index in [1.54, 1.807) is 30.5 Å². The second-order valence-electron chi connectivity index (χ2n) is 4.45. The minimum absolute atomic E-state index is 0.150. The predicted molar refractivity (Wildman–Crippen MR) is 78.6 cm³/mol. The van der Waals surface area contributed by atoms with Gasteiger partial charge >= 0.3 is 0 Å². The number of nitrogens with zero attached hydrogens (tertiary/aromatic N) is 1. The lowest BCUT2D eigenvalue weighted by atomic mass is 10.2. The van der Waals surface area contributed by atoms with Gasteiger partial charge in [-0.05, 0) is 37.3 Å². The number of thiazole rings is 1. The molecule has 6 heteroatoms. The van der Waals surface area contributed by atoms with Crippen LogP contribution in [0.4, 0.5) is 5.13 Å². The number of carbonyl (C=O) groups excluding carboxylic acids is 1. The predicted octanol–water partition coefficient (Wildman–Crippen LogP) is 2.96. The summed E-state index contributed by atoms with van der Waals surface area (Å²) in [5.74, 6) is 0.573.